The topological polar surface area (TPSA) is 104 Å². The standard InChI is InChI=1S/C27H27N7O/c1-18-4-7-22(32-26(35)19-5-8-21(9-6-19)31-23-10-13-29-17-23)15-25(18)34-27-30-14-11-24(33-27)20-3-2-12-28-16-20/h2-9,11-12,14-16,23,29,31H,10,13,17H2,1H3,(H,32,35)(H,30,33,34). The summed E-state index contributed by atoms with van der Waals surface area (Å²) in [6.45, 7) is 3.99. The lowest BCUT2D eigenvalue weighted by atomic mass is 10.1. The summed E-state index contributed by atoms with van der Waals surface area (Å²) in [6, 6.07) is 19.4. The van der Waals surface area contributed by atoms with Gasteiger partial charge in [-0.2, -0.15) is 0 Å². The highest BCUT2D eigenvalue weighted by Crippen LogP contribution is 2.25. The highest BCUT2D eigenvalue weighted by atomic mass is 16.1. The Morgan fingerprint density at radius 2 is 1.89 bits per heavy atom. The number of benzene rings is 2. The lowest BCUT2D eigenvalue weighted by Gasteiger charge is -2.14. The van der Waals surface area contributed by atoms with Crippen LogP contribution in [-0.2, 0) is 0 Å². The van der Waals surface area contributed by atoms with Crippen LogP contribution in [0.2, 0.25) is 0 Å². The smallest absolute Gasteiger partial charge is 0.255 e. The lowest BCUT2D eigenvalue weighted by molar-refractivity contribution is 0.102. The van der Waals surface area contributed by atoms with Gasteiger partial charge >= 0.3 is 0 Å². The summed E-state index contributed by atoms with van der Waals surface area (Å²) in [6.07, 6.45) is 6.31. The largest absolute Gasteiger partial charge is 0.381 e. The normalized spacial score (nSPS) is 14.9. The summed E-state index contributed by atoms with van der Waals surface area (Å²) in [5, 5.41) is 13.1. The van der Waals surface area contributed by atoms with Gasteiger partial charge in [0.2, 0.25) is 5.95 Å². The van der Waals surface area contributed by atoms with E-state index in [-0.39, 0.29) is 5.91 Å². The molecule has 5 rings (SSSR count). The number of aromatic nitrogens is 3. The third kappa shape index (κ3) is 5.62. The van der Waals surface area contributed by atoms with Gasteiger partial charge in [0.1, 0.15) is 0 Å². The first-order valence-electron chi connectivity index (χ1n) is 11.6. The van der Waals surface area contributed by atoms with E-state index in [1.807, 2.05) is 67.6 Å². The SMILES string of the molecule is Cc1ccc(NC(=O)c2ccc(NC3CCNC3)cc2)cc1Nc1nccc(-c2cccnc2)n1. The molecule has 1 aliphatic rings. The van der Waals surface area contributed by atoms with Crippen molar-refractivity contribution in [2.45, 2.75) is 19.4 Å². The minimum absolute atomic E-state index is 0.163. The molecule has 35 heavy (non-hydrogen) atoms. The molecule has 1 saturated heterocycles. The molecule has 4 aromatic rings. The Bertz CT molecular complexity index is 1300. The molecule has 2 aromatic carbocycles. The van der Waals surface area contributed by atoms with E-state index in [0.29, 0.717) is 23.2 Å². The molecule has 8 nitrogen and oxygen atoms in total. The van der Waals surface area contributed by atoms with Crippen molar-refractivity contribution >= 4 is 28.9 Å². The van der Waals surface area contributed by atoms with Gasteiger partial charge in [-0.15, -0.1) is 0 Å². The van der Waals surface area contributed by atoms with Crippen LogP contribution in [0.3, 0.4) is 0 Å². The van der Waals surface area contributed by atoms with E-state index in [1.54, 1.807) is 18.6 Å². The van der Waals surface area contributed by atoms with Gasteiger partial charge < -0.3 is 21.3 Å². The van der Waals surface area contributed by atoms with Crippen molar-refractivity contribution in [3.8, 4) is 11.3 Å². The Kier molecular flexibility index (Phi) is 6.63. The first kappa shape index (κ1) is 22.5. The second kappa shape index (κ2) is 10.3. The molecule has 0 aliphatic carbocycles. The molecule has 0 saturated carbocycles. The number of nitrogens with one attached hydrogen (secondary N) is 4. The monoisotopic (exact) mass is 465 g/mol. The molecule has 0 radical (unpaired) electrons. The van der Waals surface area contributed by atoms with Crippen molar-refractivity contribution < 1.29 is 4.79 Å². The van der Waals surface area contributed by atoms with Gasteiger partial charge in [0.25, 0.3) is 5.91 Å². The predicted molar refractivity (Wildman–Crippen MR) is 139 cm³/mol. The van der Waals surface area contributed by atoms with Crippen LogP contribution in [0.4, 0.5) is 23.0 Å². The number of carbonyl (C=O) groups is 1. The van der Waals surface area contributed by atoms with Gasteiger partial charge in [-0.25, -0.2) is 9.97 Å². The van der Waals surface area contributed by atoms with E-state index < -0.39 is 0 Å². The molecule has 3 heterocycles. The van der Waals surface area contributed by atoms with Crippen LogP contribution in [0.15, 0.2) is 79.3 Å². The van der Waals surface area contributed by atoms with Gasteiger partial charge in [-0.3, -0.25) is 9.78 Å². The van der Waals surface area contributed by atoms with Crippen LogP contribution in [0.5, 0.6) is 0 Å². The lowest BCUT2D eigenvalue weighted by Crippen LogP contribution is -2.22. The number of pyridine rings is 1. The Labute approximate surface area is 204 Å². The van der Waals surface area contributed by atoms with Gasteiger partial charge in [0.05, 0.1) is 5.69 Å². The maximum absolute atomic E-state index is 12.8. The Morgan fingerprint density at radius 3 is 2.66 bits per heavy atom. The predicted octanol–water partition coefficient (Wildman–Crippen LogP) is 4.62. The van der Waals surface area contributed by atoms with Crippen LogP contribution in [0, 0.1) is 6.92 Å². The van der Waals surface area contributed by atoms with E-state index in [9.17, 15) is 4.79 Å². The zero-order valence-electron chi connectivity index (χ0n) is 19.5. The van der Waals surface area contributed by atoms with Crippen molar-refractivity contribution in [1.29, 1.82) is 0 Å². The van der Waals surface area contributed by atoms with E-state index in [4.69, 9.17) is 0 Å². The summed E-state index contributed by atoms with van der Waals surface area (Å²) in [5.74, 6) is 0.308. The van der Waals surface area contributed by atoms with Gasteiger partial charge in [0, 0.05) is 59.4 Å². The van der Waals surface area contributed by atoms with Crippen LogP contribution in [-0.4, -0.2) is 40.0 Å². The molecule has 1 unspecified atom stereocenters. The number of hydrogen-bond donors (Lipinski definition) is 4. The average Bonchev–Trinajstić information content (AvgIpc) is 3.40. The minimum Gasteiger partial charge on any atom is -0.381 e. The summed E-state index contributed by atoms with van der Waals surface area (Å²) < 4.78 is 0. The van der Waals surface area contributed by atoms with E-state index in [0.717, 1.165) is 47.7 Å². The highest BCUT2D eigenvalue weighted by molar-refractivity contribution is 6.04. The number of rotatable bonds is 7. The fourth-order valence-corrected chi connectivity index (χ4v) is 3.98. The van der Waals surface area contributed by atoms with Crippen LogP contribution in [0.1, 0.15) is 22.3 Å². The molecule has 1 fully saturated rings. The first-order valence-corrected chi connectivity index (χ1v) is 11.6. The maximum atomic E-state index is 12.8. The highest BCUT2D eigenvalue weighted by Gasteiger charge is 2.14. The molecule has 1 aliphatic heterocycles. The summed E-state index contributed by atoms with van der Waals surface area (Å²) >= 11 is 0. The molecule has 8 heteroatoms. The zero-order chi connectivity index (χ0) is 24.0. The van der Waals surface area contributed by atoms with Gasteiger partial charge in [-0.1, -0.05) is 6.07 Å². The van der Waals surface area contributed by atoms with Crippen molar-refractivity contribution in [2.75, 3.05) is 29.0 Å². The number of amides is 1. The molecule has 4 N–H and O–H groups in total. The third-order valence-corrected chi connectivity index (χ3v) is 5.93. The number of aryl methyl sites for hydroxylation is 1. The summed E-state index contributed by atoms with van der Waals surface area (Å²) in [7, 11) is 0. The number of nitrogens with zero attached hydrogens (tertiary/aromatic N) is 3. The van der Waals surface area contributed by atoms with Crippen molar-refractivity contribution in [3.63, 3.8) is 0 Å². The second-order valence-electron chi connectivity index (χ2n) is 8.53. The molecular weight excluding hydrogens is 438 g/mol. The molecule has 0 bridgehead atoms. The van der Waals surface area contributed by atoms with Gasteiger partial charge in [0.15, 0.2) is 0 Å². The van der Waals surface area contributed by atoms with Crippen molar-refractivity contribution in [1.82, 2.24) is 20.3 Å². The Balaban J connectivity index is 1.27. The fraction of sp³-hybridized carbons (Fsp3) is 0.185. The summed E-state index contributed by atoms with van der Waals surface area (Å²) in [4.78, 5) is 25.9. The molecule has 176 valence electrons. The van der Waals surface area contributed by atoms with E-state index in [1.165, 1.54) is 0 Å². The summed E-state index contributed by atoms with van der Waals surface area (Å²) in [5.41, 5.74) is 5.82. The maximum Gasteiger partial charge on any atom is 0.255 e. The fourth-order valence-electron chi connectivity index (χ4n) is 3.98. The zero-order valence-corrected chi connectivity index (χ0v) is 19.5. The number of anilines is 4. The van der Waals surface area contributed by atoms with E-state index >= 15 is 0 Å². The molecule has 1 amide bonds. The Morgan fingerprint density at radius 1 is 1.03 bits per heavy atom. The first-order chi connectivity index (χ1) is 17.1. The van der Waals surface area contributed by atoms with Crippen molar-refractivity contribution in [3.05, 3.63) is 90.4 Å². The molecule has 1 atom stereocenters. The van der Waals surface area contributed by atoms with Crippen LogP contribution < -0.4 is 21.3 Å². The number of carbonyl (C=O) groups excluding carboxylic acids is 1. The number of hydrogen-bond acceptors (Lipinski definition) is 7. The Hall–Kier alpha value is -4.30. The quantitative estimate of drug-likeness (QED) is 0.316. The average molecular weight is 466 g/mol. The second-order valence-corrected chi connectivity index (χ2v) is 8.53. The van der Waals surface area contributed by atoms with E-state index in [2.05, 4.69) is 36.2 Å². The van der Waals surface area contributed by atoms with Crippen LogP contribution >= 0.6 is 0 Å². The molecular formula is C27H27N7O. The molecule has 0 spiro atoms. The third-order valence-electron chi connectivity index (χ3n) is 5.93. The van der Waals surface area contributed by atoms with Crippen LogP contribution in [0.25, 0.3) is 11.3 Å². The minimum atomic E-state index is -0.163. The molecule has 2 aromatic heterocycles. The van der Waals surface area contributed by atoms with Gasteiger partial charge in [-0.05, 0) is 80.1 Å². The van der Waals surface area contributed by atoms with Crippen molar-refractivity contribution in [2.24, 2.45) is 0 Å².